The summed E-state index contributed by atoms with van der Waals surface area (Å²) in [6, 6.07) is 0. The summed E-state index contributed by atoms with van der Waals surface area (Å²) in [4.78, 5) is 22.5. The quantitative estimate of drug-likeness (QED) is 0.894. The van der Waals surface area contributed by atoms with Crippen LogP contribution >= 0.6 is 11.8 Å². The largest absolute Gasteiger partial charge is 0.369 e. The third-order valence-electron chi connectivity index (χ3n) is 2.71. The fourth-order valence-corrected chi connectivity index (χ4v) is 2.64. The van der Waals surface area contributed by atoms with Gasteiger partial charge in [-0.05, 0) is 6.42 Å². The van der Waals surface area contributed by atoms with Crippen molar-refractivity contribution in [1.82, 2.24) is 14.9 Å². The van der Waals surface area contributed by atoms with E-state index < -0.39 is 0 Å². The molecular formula is C12H18N4OS. The molecule has 1 aliphatic rings. The van der Waals surface area contributed by atoms with Gasteiger partial charge in [0.05, 0.1) is 12.4 Å². The van der Waals surface area contributed by atoms with Crippen molar-refractivity contribution in [2.24, 2.45) is 0 Å². The zero-order chi connectivity index (χ0) is 12.8. The van der Waals surface area contributed by atoms with Gasteiger partial charge in [0.2, 0.25) is 0 Å². The van der Waals surface area contributed by atoms with E-state index in [-0.39, 0.29) is 5.91 Å². The Hall–Kier alpha value is -1.30. The molecule has 1 N–H and O–H groups in total. The van der Waals surface area contributed by atoms with Crippen LogP contribution in [0, 0.1) is 0 Å². The highest BCUT2D eigenvalue weighted by molar-refractivity contribution is 7.99. The van der Waals surface area contributed by atoms with E-state index in [9.17, 15) is 4.79 Å². The van der Waals surface area contributed by atoms with Gasteiger partial charge in [0.25, 0.3) is 5.91 Å². The fourth-order valence-electron chi connectivity index (χ4n) is 1.74. The lowest BCUT2D eigenvalue weighted by Crippen LogP contribution is -2.38. The minimum atomic E-state index is -0.0112. The van der Waals surface area contributed by atoms with E-state index in [1.807, 2.05) is 16.7 Å². The van der Waals surface area contributed by atoms with Crippen molar-refractivity contribution in [2.45, 2.75) is 13.3 Å². The highest BCUT2D eigenvalue weighted by atomic mass is 32.2. The standard InChI is InChI=1S/C12H18N4OS/c1-2-3-14-11-9-13-8-10(15-11)12(17)16-4-6-18-7-5-16/h8-9H,2-7H2,1H3,(H,14,15). The second-order valence-electron chi connectivity index (χ2n) is 4.12. The number of carbonyl (C=O) groups excluding carboxylic acids is 1. The fraction of sp³-hybridized carbons (Fsp3) is 0.583. The van der Waals surface area contributed by atoms with Crippen molar-refractivity contribution in [3.05, 3.63) is 18.1 Å². The minimum Gasteiger partial charge on any atom is -0.369 e. The summed E-state index contributed by atoms with van der Waals surface area (Å²) in [6.45, 7) is 4.53. The molecule has 0 radical (unpaired) electrons. The van der Waals surface area contributed by atoms with Crippen molar-refractivity contribution >= 4 is 23.5 Å². The van der Waals surface area contributed by atoms with E-state index in [0.29, 0.717) is 11.5 Å². The van der Waals surface area contributed by atoms with Crippen LogP contribution < -0.4 is 5.32 Å². The lowest BCUT2D eigenvalue weighted by molar-refractivity contribution is 0.0766. The predicted octanol–water partition coefficient (Wildman–Crippen LogP) is 1.49. The molecule has 1 aromatic rings. The van der Waals surface area contributed by atoms with Gasteiger partial charge in [-0.25, -0.2) is 4.98 Å². The predicted molar refractivity (Wildman–Crippen MR) is 74.0 cm³/mol. The van der Waals surface area contributed by atoms with Crippen LogP contribution in [-0.4, -0.2) is 51.9 Å². The molecule has 2 heterocycles. The first-order valence-corrected chi connectivity index (χ1v) is 7.39. The van der Waals surface area contributed by atoms with E-state index in [0.717, 1.165) is 37.6 Å². The van der Waals surface area contributed by atoms with E-state index >= 15 is 0 Å². The number of amides is 1. The number of carbonyl (C=O) groups is 1. The summed E-state index contributed by atoms with van der Waals surface area (Å²) in [5.74, 6) is 2.68. The van der Waals surface area contributed by atoms with Crippen LogP contribution in [0.3, 0.4) is 0 Å². The van der Waals surface area contributed by atoms with Gasteiger partial charge in [-0.1, -0.05) is 6.92 Å². The Morgan fingerprint density at radius 3 is 2.94 bits per heavy atom. The van der Waals surface area contributed by atoms with Crippen molar-refractivity contribution in [3.63, 3.8) is 0 Å². The highest BCUT2D eigenvalue weighted by Crippen LogP contribution is 2.12. The second kappa shape index (κ2) is 6.58. The maximum Gasteiger partial charge on any atom is 0.274 e. The summed E-state index contributed by atoms with van der Waals surface area (Å²) < 4.78 is 0. The summed E-state index contributed by atoms with van der Waals surface area (Å²) >= 11 is 1.88. The van der Waals surface area contributed by atoms with Gasteiger partial charge in [0.1, 0.15) is 11.5 Å². The number of nitrogens with zero attached hydrogens (tertiary/aromatic N) is 3. The summed E-state index contributed by atoms with van der Waals surface area (Å²) in [6.07, 6.45) is 4.21. The number of thioether (sulfide) groups is 1. The van der Waals surface area contributed by atoms with Gasteiger partial charge in [-0.15, -0.1) is 0 Å². The second-order valence-corrected chi connectivity index (χ2v) is 5.35. The molecule has 2 rings (SSSR count). The SMILES string of the molecule is CCCNc1cncc(C(=O)N2CCSCC2)n1. The van der Waals surface area contributed by atoms with Crippen LogP contribution in [0.15, 0.2) is 12.4 Å². The van der Waals surface area contributed by atoms with Gasteiger partial charge in [-0.3, -0.25) is 9.78 Å². The third-order valence-corrected chi connectivity index (χ3v) is 3.65. The Kier molecular flexibility index (Phi) is 4.81. The molecule has 1 fully saturated rings. The lowest BCUT2D eigenvalue weighted by Gasteiger charge is -2.25. The summed E-state index contributed by atoms with van der Waals surface area (Å²) in [5.41, 5.74) is 0.433. The van der Waals surface area contributed by atoms with Gasteiger partial charge < -0.3 is 10.2 Å². The van der Waals surface area contributed by atoms with Crippen molar-refractivity contribution < 1.29 is 4.79 Å². The molecule has 5 nitrogen and oxygen atoms in total. The van der Waals surface area contributed by atoms with E-state index in [2.05, 4.69) is 22.2 Å². The molecule has 98 valence electrons. The molecule has 0 bridgehead atoms. The van der Waals surface area contributed by atoms with E-state index in [4.69, 9.17) is 0 Å². The summed E-state index contributed by atoms with van der Waals surface area (Å²) in [7, 11) is 0. The first-order valence-electron chi connectivity index (χ1n) is 6.24. The zero-order valence-electron chi connectivity index (χ0n) is 10.6. The van der Waals surface area contributed by atoms with Crippen molar-refractivity contribution in [1.29, 1.82) is 0 Å². The molecular weight excluding hydrogens is 248 g/mol. The average molecular weight is 266 g/mol. The zero-order valence-corrected chi connectivity index (χ0v) is 11.4. The molecule has 0 aromatic carbocycles. The van der Waals surface area contributed by atoms with Crippen LogP contribution in [0.1, 0.15) is 23.8 Å². The number of nitrogens with one attached hydrogen (secondary N) is 1. The molecule has 1 aromatic heterocycles. The number of hydrogen-bond acceptors (Lipinski definition) is 5. The smallest absolute Gasteiger partial charge is 0.274 e. The minimum absolute atomic E-state index is 0.0112. The number of aromatic nitrogens is 2. The first-order chi connectivity index (χ1) is 8.81. The molecule has 18 heavy (non-hydrogen) atoms. The van der Waals surface area contributed by atoms with Gasteiger partial charge >= 0.3 is 0 Å². The maximum absolute atomic E-state index is 12.2. The molecule has 0 atom stereocenters. The third kappa shape index (κ3) is 3.35. The van der Waals surface area contributed by atoms with Crippen LogP contribution in [0.25, 0.3) is 0 Å². The Bertz CT molecular complexity index is 407. The summed E-state index contributed by atoms with van der Waals surface area (Å²) in [5, 5.41) is 3.14. The molecule has 0 saturated carbocycles. The van der Waals surface area contributed by atoms with E-state index in [1.54, 1.807) is 12.4 Å². The van der Waals surface area contributed by atoms with Crippen LogP contribution in [0.4, 0.5) is 5.82 Å². The molecule has 0 unspecified atom stereocenters. The molecule has 0 aliphatic carbocycles. The maximum atomic E-state index is 12.2. The molecule has 0 spiro atoms. The van der Waals surface area contributed by atoms with E-state index in [1.165, 1.54) is 0 Å². The van der Waals surface area contributed by atoms with Crippen molar-refractivity contribution in [2.75, 3.05) is 36.5 Å². The average Bonchev–Trinajstić information content (AvgIpc) is 2.45. The van der Waals surface area contributed by atoms with Gasteiger partial charge in [0, 0.05) is 31.1 Å². The van der Waals surface area contributed by atoms with Crippen LogP contribution in [0.2, 0.25) is 0 Å². The number of hydrogen-bond donors (Lipinski definition) is 1. The molecule has 1 aliphatic heterocycles. The lowest BCUT2D eigenvalue weighted by atomic mass is 10.3. The van der Waals surface area contributed by atoms with Gasteiger partial charge in [-0.2, -0.15) is 11.8 Å². The Morgan fingerprint density at radius 1 is 1.44 bits per heavy atom. The van der Waals surface area contributed by atoms with Gasteiger partial charge in [0.15, 0.2) is 0 Å². The highest BCUT2D eigenvalue weighted by Gasteiger charge is 2.19. The normalized spacial score (nSPS) is 15.5. The molecule has 1 saturated heterocycles. The monoisotopic (exact) mass is 266 g/mol. The topological polar surface area (TPSA) is 58.1 Å². The molecule has 1 amide bonds. The van der Waals surface area contributed by atoms with Crippen LogP contribution in [-0.2, 0) is 0 Å². The van der Waals surface area contributed by atoms with Crippen LogP contribution in [0.5, 0.6) is 0 Å². The number of anilines is 1. The Morgan fingerprint density at radius 2 is 2.22 bits per heavy atom. The Balaban J connectivity index is 2.04. The first kappa shape index (κ1) is 13.1. The molecule has 6 heteroatoms. The Labute approximate surface area is 111 Å². The number of rotatable bonds is 4. The van der Waals surface area contributed by atoms with Crippen molar-refractivity contribution in [3.8, 4) is 0 Å².